The molecule has 0 saturated carbocycles. The van der Waals surface area contributed by atoms with E-state index in [1.165, 1.54) is 0 Å². The van der Waals surface area contributed by atoms with Crippen LogP contribution in [0.3, 0.4) is 0 Å². The van der Waals surface area contributed by atoms with Gasteiger partial charge >= 0.3 is 0 Å². The van der Waals surface area contributed by atoms with Crippen molar-refractivity contribution >= 4 is 5.91 Å². The lowest BCUT2D eigenvalue weighted by molar-refractivity contribution is -0.122. The van der Waals surface area contributed by atoms with Gasteiger partial charge in [0.2, 0.25) is 5.91 Å². The van der Waals surface area contributed by atoms with Crippen molar-refractivity contribution in [3.8, 4) is 0 Å². The Bertz CT molecular complexity index is 189. The molecule has 0 aromatic carbocycles. The van der Waals surface area contributed by atoms with Crippen molar-refractivity contribution in [2.24, 2.45) is 0 Å². The molecule has 0 aromatic rings. The van der Waals surface area contributed by atoms with E-state index in [0.717, 1.165) is 45.4 Å². The van der Waals surface area contributed by atoms with E-state index in [0.29, 0.717) is 19.1 Å². The average Bonchev–Trinajstić information content (AvgIpc) is 2.53. The molecule has 1 rings (SSSR count). The monoisotopic (exact) mass is 228 g/mol. The normalized spacial score (nSPS) is 21.4. The molecule has 1 fully saturated rings. The van der Waals surface area contributed by atoms with Crippen LogP contribution < -0.4 is 10.6 Å². The number of carbonyl (C=O) groups is 1. The summed E-state index contributed by atoms with van der Waals surface area (Å²) in [6.45, 7) is 5.49. The molecule has 1 amide bonds. The highest BCUT2D eigenvalue weighted by atomic mass is 16.5. The topological polar surface area (TPSA) is 50.4 Å². The van der Waals surface area contributed by atoms with E-state index in [2.05, 4.69) is 10.6 Å². The highest BCUT2D eigenvalue weighted by Gasteiger charge is 2.13. The molecule has 0 bridgehead atoms. The van der Waals surface area contributed by atoms with Gasteiger partial charge in [-0.1, -0.05) is 0 Å². The Kier molecular flexibility index (Phi) is 7.17. The predicted octanol–water partition coefficient (Wildman–Crippen LogP) is 1.06. The number of amides is 1. The van der Waals surface area contributed by atoms with Crippen molar-refractivity contribution in [2.75, 3.05) is 26.3 Å². The van der Waals surface area contributed by atoms with Crippen molar-refractivity contribution in [1.82, 2.24) is 10.6 Å². The molecule has 1 aliphatic heterocycles. The molecule has 4 nitrogen and oxygen atoms in total. The largest absolute Gasteiger partial charge is 0.382 e. The molecule has 1 aliphatic rings. The minimum Gasteiger partial charge on any atom is -0.382 e. The van der Waals surface area contributed by atoms with E-state index in [9.17, 15) is 4.79 Å². The van der Waals surface area contributed by atoms with Crippen molar-refractivity contribution < 1.29 is 9.53 Å². The van der Waals surface area contributed by atoms with Crippen molar-refractivity contribution in [1.29, 1.82) is 0 Å². The van der Waals surface area contributed by atoms with Crippen LogP contribution in [0.15, 0.2) is 0 Å². The molecule has 1 unspecified atom stereocenters. The zero-order chi connectivity index (χ0) is 11.6. The highest BCUT2D eigenvalue weighted by Crippen LogP contribution is 2.05. The van der Waals surface area contributed by atoms with Crippen LogP contribution >= 0.6 is 0 Å². The fourth-order valence-electron chi connectivity index (χ4n) is 1.94. The first-order chi connectivity index (χ1) is 7.83. The van der Waals surface area contributed by atoms with Gasteiger partial charge in [-0.3, -0.25) is 4.79 Å². The maximum absolute atomic E-state index is 11.6. The molecule has 0 aliphatic carbocycles. The summed E-state index contributed by atoms with van der Waals surface area (Å²) in [6.07, 6.45) is 4.72. The first-order valence-electron chi connectivity index (χ1n) is 6.40. The average molecular weight is 228 g/mol. The summed E-state index contributed by atoms with van der Waals surface area (Å²) >= 11 is 0. The Morgan fingerprint density at radius 1 is 1.44 bits per heavy atom. The molecule has 94 valence electrons. The summed E-state index contributed by atoms with van der Waals surface area (Å²) in [5, 5.41) is 6.44. The number of hydrogen-bond acceptors (Lipinski definition) is 3. The fourth-order valence-corrected chi connectivity index (χ4v) is 1.94. The van der Waals surface area contributed by atoms with Crippen molar-refractivity contribution in [3.05, 3.63) is 0 Å². The molecule has 4 heteroatoms. The zero-order valence-corrected chi connectivity index (χ0v) is 10.3. The minimum atomic E-state index is 0.173. The maximum Gasteiger partial charge on any atom is 0.220 e. The number of rotatable bonds is 6. The minimum absolute atomic E-state index is 0.173. The van der Waals surface area contributed by atoms with Gasteiger partial charge in [-0.15, -0.1) is 0 Å². The second-order valence-corrected chi connectivity index (χ2v) is 4.25. The Morgan fingerprint density at radius 2 is 2.31 bits per heavy atom. The number of nitrogens with one attached hydrogen (secondary N) is 2. The first kappa shape index (κ1) is 13.5. The third-order valence-corrected chi connectivity index (χ3v) is 2.84. The number of ether oxygens (including phenoxy) is 1. The van der Waals surface area contributed by atoms with E-state index >= 15 is 0 Å². The first-order valence-corrected chi connectivity index (χ1v) is 6.40. The lowest BCUT2D eigenvalue weighted by atomic mass is 10.1. The number of carbonyl (C=O) groups excluding carboxylic acids is 1. The van der Waals surface area contributed by atoms with Crippen LogP contribution in [0.1, 0.15) is 39.0 Å². The summed E-state index contributed by atoms with van der Waals surface area (Å²) in [4.78, 5) is 11.6. The lowest BCUT2D eigenvalue weighted by Gasteiger charge is -2.15. The van der Waals surface area contributed by atoms with Gasteiger partial charge < -0.3 is 15.4 Å². The van der Waals surface area contributed by atoms with Gasteiger partial charge in [0.1, 0.15) is 0 Å². The molecular weight excluding hydrogens is 204 g/mol. The van der Waals surface area contributed by atoms with Gasteiger partial charge in [0.25, 0.3) is 0 Å². The molecular formula is C12H24N2O2. The third-order valence-electron chi connectivity index (χ3n) is 2.84. The molecule has 1 atom stereocenters. The summed E-state index contributed by atoms with van der Waals surface area (Å²) in [5.41, 5.74) is 0. The predicted molar refractivity (Wildman–Crippen MR) is 64.4 cm³/mol. The van der Waals surface area contributed by atoms with E-state index in [1.807, 2.05) is 6.92 Å². The Morgan fingerprint density at radius 3 is 3.12 bits per heavy atom. The van der Waals surface area contributed by atoms with Crippen LogP contribution in [-0.4, -0.2) is 38.3 Å². The second-order valence-electron chi connectivity index (χ2n) is 4.25. The molecule has 0 radical (unpaired) electrons. The van der Waals surface area contributed by atoms with Crippen LogP contribution in [0.5, 0.6) is 0 Å². The SMILES string of the molecule is CCOCCCC(=O)NC1CCCNCC1. The standard InChI is InChI=1S/C12H24N2O2/c1-2-16-10-4-6-12(15)14-11-5-3-8-13-9-7-11/h11,13H,2-10H2,1H3,(H,14,15). The smallest absolute Gasteiger partial charge is 0.220 e. The molecule has 2 N–H and O–H groups in total. The van der Waals surface area contributed by atoms with E-state index in [1.54, 1.807) is 0 Å². The van der Waals surface area contributed by atoms with Gasteiger partial charge in [-0.2, -0.15) is 0 Å². The van der Waals surface area contributed by atoms with Gasteiger partial charge in [-0.05, 0) is 45.7 Å². The van der Waals surface area contributed by atoms with Crippen LogP contribution in [0.4, 0.5) is 0 Å². The zero-order valence-electron chi connectivity index (χ0n) is 10.3. The summed E-state index contributed by atoms with van der Waals surface area (Å²) in [7, 11) is 0. The molecule has 16 heavy (non-hydrogen) atoms. The van der Waals surface area contributed by atoms with Gasteiger partial charge in [0, 0.05) is 25.7 Å². The van der Waals surface area contributed by atoms with Crippen LogP contribution in [0.2, 0.25) is 0 Å². The Labute approximate surface area is 98.1 Å². The van der Waals surface area contributed by atoms with Crippen LogP contribution in [-0.2, 0) is 9.53 Å². The Hall–Kier alpha value is -0.610. The molecule has 0 spiro atoms. The van der Waals surface area contributed by atoms with Crippen molar-refractivity contribution in [2.45, 2.75) is 45.1 Å². The molecule has 1 saturated heterocycles. The van der Waals surface area contributed by atoms with E-state index < -0.39 is 0 Å². The second kappa shape index (κ2) is 8.53. The molecule has 1 heterocycles. The number of hydrogen-bond donors (Lipinski definition) is 2. The van der Waals surface area contributed by atoms with Gasteiger partial charge in [0.05, 0.1) is 0 Å². The highest BCUT2D eigenvalue weighted by molar-refractivity contribution is 5.76. The van der Waals surface area contributed by atoms with Crippen molar-refractivity contribution in [3.63, 3.8) is 0 Å². The molecule has 0 aromatic heterocycles. The fraction of sp³-hybridized carbons (Fsp3) is 0.917. The van der Waals surface area contributed by atoms with Crippen LogP contribution in [0, 0.1) is 0 Å². The summed E-state index contributed by atoms with van der Waals surface area (Å²) < 4.78 is 5.20. The summed E-state index contributed by atoms with van der Waals surface area (Å²) in [6, 6.07) is 0.370. The van der Waals surface area contributed by atoms with E-state index in [4.69, 9.17) is 4.74 Å². The third kappa shape index (κ3) is 6.08. The summed E-state index contributed by atoms with van der Waals surface area (Å²) in [5.74, 6) is 0.173. The van der Waals surface area contributed by atoms with Crippen LogP contribution in [0.25, 0.3) is 0 Å². The van der Waals surface area contributed by atoms with Gasteiger partial charge in [-0.25, -0.2) is 0 Å². The lowest BCUT2D eigenvalue weighted by Crippen LogP contribution is -2.35. The van der Waals surface area contributed by atoms with E-state index in [-0.39, 0.29) is 5.91 Å². The quantitative estimate of drug-likeness (QED) is 0.668. The maximum atomic E-state index is 11.6. The Balaban J connectivity index is 2.07. The van der Waals surface area contributed by atoms with Gasteiger partial charge in [0.15, 0.2) is 0 Å².